The molecule has 0 aromatic heterocycles. The summed E-state index contributed by atoms with van der Waals surface area (Å²) in [5.41, 5.74) is 1.54. The molecular formula is C23H28N2O4. The van der Waals surface area contributed by atoms with E-state index in [0.29, 0.717) is 13.2 Å². The number of carbonyl (C=O) groups is 1. The number of nitrogens with zero attached hydrogens (tertiary/aromatic N) is 2. The van der Waals surface area contributed by atoms with Crippen LogP contribution in [-0.2, 0) is 9.53 Å². The highest BCUT2D eigenvalue weighted by atomic mass is 16.5. The van der Waals surface area contributed by atoms with Crippen LogP contribution in [0.1, 0.15) is 32.1 Å². The predicted octanol–water partition coefficient (Wildman–Crippen LogP) is 6.17. The van der Waals surface area contributed by atoms with Gasteiger partial charge in [0.15, 0.2) is 0 Å². The molecule has 0 fully saturated rings. The fourth-order valence-corrected chi connectivity index (χ4v) is 2.53. The number of carbonyl (C=O) groups excluding carboxylic acids is 1. The molecule has 0 heterocycles. The lowest BCUT2D eigenvalue weighted by molar-refractivity contribution is -0.137. The Hall–Kier alpha value is -3.15. The van der Waals surface area contributed by atoms with E-state index in [1.165, 1.54) is 6.08 Å². The third kappa shape index (κ3) is 9.06. The summed E-state index contributed by atoms with van der Waals surface area (Å²) in [6.07, 6.45) is 6.29. The molecule has 0 unspecified atom stereocenters. The van der Waals surface area contributed by atoms with E-state index in [2.05, 4.69) is 16.8 Å². The van der Waals surface area contributed by atoms with Crippen LogP contribution in [0.2, 0.25) is 0 Å². The molecule has 0 aliphatic carbocycles. The van der Waals surface area contributed by atoms with Crippen LogP contribution in [0.3, 0.4) is 0 Å². The van der Waals surface area contributed by atoms with Gasteiger partial charge in [-0.2, -0.15) is 10.2 Å². The van der Waals surface area contributed by atoms with E-state index in [9.17, 15) is 4.79 Å². The minimum atomic E-state index is -0.355. The van der Waals surface area contributed by atoms with Crippen LogP contribution in [0.15, 0.2) is 71.4 Å². The normalized spacial score (nSPS) is 10.7. The van der Waals surface area contributed by atoms with Crippen molar-refractivity contribution in [2.75, 3.05) is 20.3 Å². The summed E-state index contributed by atoms with van der Waals surface area (Å²) in [4.78, 5) is 10.9. The quantitative estimate of drug-likeness (QED) is 0.176. The van der Waals surface area contributed by atoms with E-state index in [0.717, 1.165) is 55.0 Å². The summed E-state index contributed by atoms with van der Waals surface area (Å²) < 4.78 is 15.8. The monoisotopic (exact) mass is 396 g/mol. The maximum absolute atomic E-state index is 10.9. The SMILES string of the molecule is C=CC(=O)OCCCCCCCOc1ccc(N=Nc2ccc(OC)cc2)cc1. The van der Waals surface area contributed by atoms with Gasteiger partial charge >= 0.3 is 5.97 Å². The summed E-state index contributed by atoms with van der Waals surface area (Å²) in [5, 5.41) is 8.44. The van der Waals surface area contributed by atoms with Gasteiger partial charge in [0.2, 0.25) is 0 Å². The van der Waals surface area contributed by atoms with Crippen molar-refractivity contribution >= 4 is 17.3 Å². The molecule has 154 valence electrons. The van der Waals surface area contributed by atoms with Crippen LogP contribution >= 0.6 is 0 Å². The van der Waals surface area contributed by atoms with Gasteiger partial charge in [0.25, 0.3) is 0 Å². The summed E-state index contributed by atoms with van der Waals surface area (Å²) in [5.74, 6) is 1.26. The van der Waals surface area contributed by atoms with Gasteiger partial charge in [-0.3, -0.25) is 0 Å². The van der Waals surface area contributed by atoms with Crippen LogP contribution in [0.25, 0.3) is 0 Å². The van der Waals surface area contributed by atoms with Crippen molar-refractivity contribution < 1.29 is 19.0 Å². The number of unbranched alkanes of at least 4 members (excludes halogenated alkanes) is 4. The number of benzene rings is 2. The standard InChI is InChI=1S/C23H28N2O4/c1-3-23(26)29-18-8-6-4-5-7-17-28-22-15-11-20(12-16-22)25-24-19-9-13-21(27-2)14-10-19/h3,9-16H,1,4-8,17-18H2,2H3. The van der Waals surface area contributed by atoms with Crippen LogP contribution < -0.4 is 9.47 Å². The average molecular weight is 396 g/mol. The smallest absolute Gasteiger partial charge is 0.330 e. The third-order valence-electron chi connectivity index (χ3n) is 4.16. The average Bonchev–Trinajstić information content (AvgIpc) is 2.77. The Labute approximate surface area is 172 Å². The molecule has 29 heavy (non-hydrogen) atoms. The van der Waals surface area contributed by atoms with Crippen LogP contribution in [0.4, 0.5) is 11.4 Å². The zero-order valence-electron chi connectivity index (χ0n) is 16.9. The molecule has 0 bridgehead atoms. The second-order valence-electron chi connectivity index (χ2n) is 6.38. The molecule has 0 spiro atoms. The molecule has 0 N–H and O–H groups in total. The lowest BCUT2D eigenvalue weighted by atomic mass is 10.1. The van der Waals surface area contributed by atoms with Crippen molar-refractivity contribution in [2.45, 2.75) is 32.1 Å². The Morgan fingerprint density at radius 1 is 0.828 bits per heavy atom. The molecule has 6 nitrogen and oxygen atoms in total. The van der Waals surface area contributed by atoms with Crippen LogP contribution in [0.5, 0.6) is 11.5 Å². The number of ether oxygens (including phenoxy) is 3. The zero-order chi connectivity index (χ0) is 20.7. The molecule has 0 amide bonds. The topological polar surface area (TPSA) is 69.5 Å². The first kappa shape index (κ1) is 22.1. The van der Waals surface area contributed by atoms with Gasteiger partial charge in [-0.15, -0.1) is 0 Å². The van der Waals surface area contributed by atoms with Gasteiger partial charge in [0.1, 0.15) is 11.5 Å². The first-order valence-electron chi connectivity index (χ1n) is 9.79. The van der Waals surface area contributed by atoms with Gasteiger partial charge < -0.3 is 14.2 Å². The van der Waals surface area contributed by atoms with E-state index < -0.39 is 0 Å². The number of hydrogen-bond donors (Lipinski definition) is 0. The first-order chi connectivity index (χ1) is 14.2. The predicted molar refractivity (Wildman–Crippen MR) is 113 cm³/mol. The van der Waals surface area contributed by atoms with E-state index >= 15 is 0 Å². The van der Waals surface area contributed by atoms with E-state index in [1.54, 1.807) is 7.11 Å². The molecular weight excluding hydrogens is 368 g/mol. The minimum Gasteiger partial charge on any atom is -0.497 e. The second-order valence-corrected chi connectivity index (χ2v) is 6.38. The Morgan fingerprint density at radius 3 is 1.90 bits per heavy atom. The Bertz CT molecular complexity index is 770. The molecule has 0 aliphatic heterocycles. The van der Waals surface area contributed by atoms with Gasteiger partial charge in [0, 0.05) is 6.08 Å². The number of methoxy groups -OCH3 is 1. The summed E-state index contributed by atoms with van der Waals surface area (Å²) in [6.45, 7) is 4.50. The van der Waals surface area contributed by atoms with Crippen molar-refractivity contribution in [2.24, 2.45) is 10.2 Å². The molecule has 0 saturated heterocycles. The fourth-order valence-electron chi connectivity index (χ4n) is 2.53. The van der Waals surface area contributed by atoms with E-state index in [4.69, 9.17) is 14.2 Å². The summed E-state index contributed by atoms with van der Waals surface area (Å²) in [7, 11) is 1.63. The molecule has 2 rings (SSSR count). The Morgan fingerprint density at radius 2 is 1.34 bits per heavy atom. The molecule has 0 saturated carbocycles. The second kappa shape index (κ2) is 13.1. The van der Waals surface area contributed by atoms with Gasteiger partial charge in [-0.05, 0) is 61.4 Å². The number of azo groups is 1. The molecule has 0 atom stereocenters. The van der Waals surface area contributed by atoms with Crippen LogP contribution in [0, 0.1) is 0 Å². The maximum Gasteiger partial charge on any atom is 0.330 e. The van der Waals surface area contributed by atoms with Crippen LogP contribution in [-0.4, -0.2) is 26.3 Å². The molecule has 2 aromatic carbocycles. The minimum absolute atomic E-state index is 0.355. The largest absolute Gasteiger partial charge is 0.497 e. The maximum atomic E-state index is 10.9. The molecule has 2 aromatic rings. The van der Waals surface area contributed by atoms with Crippen molar-refractivity contribution in [1.29, 1.82) is 0 Å². The van der Waals surface area contributed by atoms with Gasteiger partial charge in [0.05, 0.1) is 31.7 Å². The zero-order valence-corrected chi connectivity index (χ0v) is 16.9. The van der Waals surface area contributed by atoms with Crippen molar-refractivity contribution in [3.8, 4) is 11.5 Å². The first-order valence-corrected chi connectivity index (χ1v) is 9.79. The molecule has 0 radical (unpaired) electrons. The fraction of sp³-hybridized carbons (Fsp3) is 0.348. The molecule has 0 aliphatic rings. The number of esters is 1. The number of hydrogen-bond acceptors (Lipinski definition) is 6. The van der Waals surface area contributed by atoms with Crippen molar-refractivity contribution in [3.63, 3.8) is 0 Å². The number of rotatable bonds is 13. The van der Waals surface area contributed by atoms with Crippen molar-refractivity contribution in [1.82, 2.24) is 0 Å². The lowest BCUT2D eigenvalue weighted by Gasteiger charge is -2.06. The molecule has 6 heteroatoms. The third-order valence-corrected chi connectivity index (χ3v) is 4.16. The summed E-state index contributed by atoms with van der Waals surface area (Å²) in [6, 6.07) is 15.0. The highest BCUT2D eigenvalue weighted by Gasteiger charge is 1.98. The van der Waals surface area contributed by atoms with E-state index in [1.807, 2.05) is 48.5 Å². The lowest BCUT2D eigenvalue weighted by Crippen LogP contribution is -2.01. The van der Waals surface area contributed by atoms with Gasteiger partial charge in [-0.25, -0.2) is 4.79 Å². The van der Waals surface area contributed by atoms with Crippen molar-refractivity contribution in [3.05, 3.63) is 61.2 Å². The summed E-state index contributed by atoms with van der Waals surface area (Å²) >= 11 is 0. The van der Waals surface area contributed by atoms with E-state index in [-0.39, 0.29) is 5.97 Å². The Balaban J connectivity index is 1.59. The van der Waals surface area contributed by atoms with Gasteiger partial charge in [-0.1, -0.05) is 25.8 Å². The highest BCUT2D eigenvalue weighted by molar-refractivity contribution is 5.81. The highest BCUT2D eigenvalue weighted by Crippen LogP contribution is 2.23. The Kier molecular flexibility index (Phi) is 10.0.